The number of benzene rings is 2. The van der Waals surface area contributed by atoms with Gasteiger partial charge in [-0.3, -0.25) is 9.59 Å². The number of nitrogens with one attached hydrogen (secondary N) is 1. The number of rotatable bonds is 4. The average Bonchev–Trinajstić information content (AvgIpc) is 3.02. The number of hydrogen-bond donors (Lipinski definition) is 0. The van der Waals surface area contributed by atoms with Gasteiger partial charge in [0.05, 0.1) is 24.5 Å². The fourth-order valence-electron chi connectivity index (χ4n) is 3.64. The number of carbonyl (C=O) groups is 1. The molecular formula is C22H22N5O2. The molecule has 1 amide bonds. The Bertz CT molecular complexity index is 1290. The third-order valence-electron chi connectivity index (χ3n) is 5.24. The molecule has 1 radical (unpaired) electrons. The van der Waals surface area contributed by atoms with Crippen molar-refractivity contribution in [3.05, 3.63) is 70.1 Å². The van der Waals surface area contributed by atoms with Crippen molar-refractivity contribution in [2.24, 2.45) is 7.05 Å². The number of para-hydroxylation sites is 1. The van der Waals surface area contributed by atoms with E-state index in [2.05, 4.69) is 5.10 Å². The summed E-state index contributed by atoms with van der Waals surface area (Å²) in [7, 11) is 3.45. The summed E-state index contributed by atoms with van der Waals surface area (Å²) in [6.45, 7) is 1.88. The van der Waals surface area contributed by atoms with E-state index in [0.29, 0.717) is 22.3 Å². The van der Waals surface area contributed by atoms with Gasteiger partial charge in [0, 0.05) is 30.4 Å². The van der Waals surface area contributed by atoms with E-state index in [-0.39, 0.29) is 24.6 Å². The molecule has 0 unspecified atom stereocenters. The van der Waals surface area contributed by atoms with Gasteiger partial charge in [-0.15, -0.1) is 0 Å². The summed E-state index contributed by atoms with van der Waals surface area (Å²) in [5.74, 6) is -0.212. The average molecular weight is 388 g/mol. The van der Waals surface area contributed by atoms with E-state index in [4.69, 9.17) is 5.73 Å². The van der Waals surface area contributed by atoms with Crippen LogP contribution in [0.5, 0.6) is 0 Å². The molecule has 0 saturated heterocycles. The van der Waals surface area contributed by atoms with Crippen LogP contribution in [0, 0.1) is 6.92 Å². The maximum absolute atomic E-state index is 13.4. The summed E-state index contributed by atoms with van der Waals surface area (Å²) < 4.78 is 3.24. The second kappa shape index (κ2) is 7.18. The number of carbonyl (C=O) groups excluding carboxylic acids is 1. The number of nitrogens with zero attached hydrogens (tertiary/aromatic N) is 4. The fourth-order valence-corrected chi connectivity index (χ4v) is 3.64. The lowest BCUT2D eigenvalue weighted by Crippen LogP contribution is -2.31. The first-order valence-corrected chi connectivity index (χ1v) is 9.37. The van der Waals surface area contributed by atoms with Crippen molar-refractivity contribution in [2.45, 2.75) is 13.3 Å². The van der Waals surface area contributed by atoms with Crippen molar-refractivity contribution >= 4 is 27.7 Å². The van der Waals surface area contributed by atoms with Gasteiger partial charge in [-0.05, 0) is 30.7 Å². The zero-order chi connectivity index (χ0) is 20.7. The van der Waals surface area contributed by atoms with E-state index in [0.717, 1.165) is 16.5 Å². The van der Waals surface area contributed by atoms with Crippen LogP contribution < -0.4 is 11.3 Å². The molecular weight excluding hydrogens is 366 g/mol. The summed E-state index contributed by atoms with van der Waals surface area (Å²) in [5, 5.41) is 6.19. The second-order valence-corrected chi connectivity index (χ2v) is 7.23. The van der Waals surface area contributed by atoms with Gasteiger partial charge in [0.2, 0.25) is 5.91 Å². The van der Waals surface area contributed by atoms with Crippen LogP contribution in [0.15, 0.2) is 53.3 Å². The number of hydrogen-bond acceptors (Lipinski definition) is 3. The van der Waals surface area contributed by atoms with Crippen molar-refractivity contribution in [3.63, 3.8) is 0 Å². The highest BCUT2D eigenvalue weighted by Gasteiger charge is 2.22. The van der Waals surface area contributed by atoms with Gasteiger partial charge in [0.15, 0.2) is 0 Å². The lowest BCUT2D eigenvalue weighted by Gasteiger charge is -2.15. The van der Waals surface area contributed by atoms with Gasteiger partial charge in [0.1, 0.15) is 5.52 Å². The number of likely N-dealkylation sites (N-methyl/N-ethyl adjacent to an activating group) is 1. The Morgan fingerprint density at radius 3 is 2.59 bits per heavy atom. The van der Waals surface area contributed by atoms with Crippen LogP contribution in [-0.2, 0) is 18.3 Å². The molecule has 0 aliphatic heterocycles. The largest absolute Gasteiger partial charge is 0.339 e. The molecule has 2 aromatic heterocycles. The van der Waals surface area contributed by atoms with Crippen molar-refractivity contribution in [1.29, 1.82) is 0 Å². The summed E-state index contributed by atoms with van der Waals surface area (Å²) >= 11 is 0. The fraction of sp³-hybridized carbons (Fsp3) is 0.227. The zero-order valence-corrected chi connectivity index (χ0v) is 16.6. The van der Waals surface area contributed by atoms with Crippen molar-refractivity contribution < 1.29 is 4.79 Å². The molecule has 1 N–H and O–H groups in total. The summed E-state index contributed by atoms with van der Waals surface area (Å²) in [6.07, 6.45) is 0.0198. The first-order chi connectivity index (χ1) is 13.9. The predicted molar refractivity (Wildman–Crippen MR) is 113 cm³/mol. The normalized spacial score (nSPS) is 11.3. The van der Waals surface area contributed by atoms with E-state index >= 15 is 0 Å². The Morgan fingerprint density at radius 1 is 1.17 bits per heavy atom. The smallest absolute Gasteiger partial charge is 0.296 e. The van der Waals surface area contributed by atoms with E-state index < -0.39 is 0 Å². The quantitative estimate of drug-likeness (QED) is 0.538. The molecule has 2 aromatic carbocycles. The van der Waals surface area contributed by atoms with Crippen LogP contribution in [0.25, 0.3) is 27.5 Å². The third-order valence-corrected chi connectivity index (χ3v) is 5.24. The molecule has 0 atom stereocenters. The van der Waals surface area contributed by atoms with Gasteiger partial charge >= 0.3 is 0 Å². The highest BCUT2D eigenvalue weighted by molar-refractivity contribution is 6.09. The zero-order valence-electron chi connectivity index (χ0n) is 16.6. The van der Waals surface area contributed by atoms with E-state index in [1.54, 1.807) is 7.05 Å². The van der Waals surface area contributed by atoms with Crippen LogP contribution in [-0.4, -0.2) is 38.9 Å². The molecule has 0 aliphatic carbocycles. The standard InChI is InChI=1S/C22H22N5O2/c1-14-9-10-16-18(11-14)26(3)21-20(16)17(12-19(28)25(2)13-23)24-27(22(21)29)15-7-5-4-6-8-15/h4-11,23H,12-13H2,1-3H3. The molecule has 0 fully saturated rings. The molecule has 0 spiro atoms. The summed E-state index contributed by atoms with van der Waals surface area (Å²) in [5.41, 5.74) is 10.9. The van der Waals surface area contributed by atoms with Gasteiger partial charge in [-0.1, -0.05) is 30.3 Å². The maximum atomic E-state index is 13.4. The molecule has 4 rings (SSSR count). The number of aromatic nitrogens is 3. The number of fused-ring (bicyclic) bond motifs is 3. The Hall–Kier alpha value is -3.45. The Morgan fingerprint density at radius 2 is 1.90 bits per heavy atom. The van der Waals surface area contributed by atoms with Crippen LogP contribution in [0.1, 0.15) is 11.3 Å². The van der Waals surface area contributed by atoms with Gasteiger partial charge < -0.3 is 9.47 Å². The van der Waals surface area contributed by atoms with Gasteiger partial charge in [-0.25, -0.2) is 5.73 Å². The van der Waals surface area contributed by atoms with E-state index in [1.165, 1.54) is 9.58 Å². The third kappa shape index (κ3) is 3.09. The highest BCUT2D eigenvalue weighted by atomic mass is 16.2. The topological polar surface area (TPSA) is 83.9 Å². The molecule has 0 bridgehead atoms. The van der Waals surface area contributed by atoms with Crippen LogP contribution in [0.4, 0.5) is 0 Å². The molecule has 147 valence electrons. The Kier molecular flexibility index (Phi) is 4.68. The molecule has 0 aliphatic rings. The molecule has 29 heavy (non-hydrogen) atoms. The second-order valence-electron chi connectivity index (χ2n) is 7.23. The number of aryl methyl sites for hydroxylation is 2. The Balaban J connectivity index is 2.09. The van der Waals surface area contributed by atoms with Crippen LogP contribution >= 0.6 is 0 Å². The summed E-state index contributed by atoms with van der Waals surface area (Å²) in [4.78, 5) is 27.3. The molecule has 7 heteroatoms. The first-order valence-electron chi connectivity index (χ1n) is 9.37. The maximum Gasteiger partial charge on any atom is 0.296 e. The summed E-state index contributed by atoms with van der Waals surface area (Å²) in [6, 6.07) is 15.2. The van der Waals surface area contributed by atoms with Crippen LogP contribution in [0.2, 0.25) is 0 Å². The first kappa shape index (κ1) is 18.9. The molecule has 2 heterocycles. The monoisotopic (exact) mass is 388 g/mol. The lowest BCUT2D eigenvalue weighted by atomic mass is 10.1. The van der Waals surface area contributed by atoms with Gasteiger partial charge in [0.25, 0.3) is 5.56 Å². The molecule has 4 aromatic rings. The highest BCUT2D eigenvalue weighted by Crippen LogP contribution is 2.29. The SMILES string of the molecule is Cc1ccc2c3c(CC(=O)N(C)C[NH])nn(-c4ccccc4)c(=O)c3n(C)c2c1. The van der Waals surface area contributed by atoms with E-state index in [9.17, 15) is 9.59 Å². The Labute approximate surface area is 168 Å². The minimum Gasteiger partial charge on any atom is -0.339 e. The van der Waals surface area contributed by atoms with Gasteiger partial charge in [-0.2, -0.15) is 9.78 Å². The van der Waals surface area contributed by atoms with Crippen molar-refractivity contribution in [2.75, 3.05) is 13.7 Å². The van der Waals surface area contributed by atoms with E-state index in [1.807, 2.05) is 67.1 Å². The van der Waals surface area contributed by atoms with Crippen LogP contribution in [0.3, 0.4) is 0 Å². The minimum absolute atomic E-state index is 0.0198. The van der Waals surface area contributed by atoms with Crippen molar-refractivity contribution in [3.8, 4) is 5.69 Å². The lowest BCUT2D eigenvalue weighted by molar-refractivity contribution is -0.129. The number of amides is 1. The molecule has 0 saturated carbocycles. The van der Waals surface area contributed by atoms with Crippen molar-refractivity contribution in [1.82, 2.24) is 25.0 Å². The molecule has 7 nitrogen and oxygen atoms in total. The predicted octanol–water partition coefficient (Wildman–Crippen LogP) is 2.43. The minimum atomic E-state index is -0.229.